The molecule has 0 aliphatic carbocycles. The minimum Gasteiger partial charge on any atom is -0.496 e. The van der Waals surface area contributed by atoms with Gasteiger partial charge in [0.15, 0.2) is 0 Å². The molecule has 1 aliphatic rings. The summed E-state index contributed by atoms with van der Waals surface area (Å²) in [5, 5.41) is 7.22. The van der Waals surface area contributed by atoms with E-state index in [2.05, 4.69) is 17.1 Å². The molecule has 3 rings (SSSR count). The highest BCUT2D eigenvalue weighted by Gasteiger charge is 2.27. The summed E-state index contributed by atoms with van der Waals surface area (Å²) in [5.74, 6) is 1.30. The molecule has 0 radical (unpaired) electrons. The van der Waals surface area contributed by atoms with Crippen molar-refractivity contribution in [3.8, 4) is 5.75 Å². The van der Waals surface area contributed by atoms with Gasteiger partial charge in [0.1, 0.15) is 5.75 Å². The molecule has 1 atom stereocenters. The first-order valence-corrected chi connectivity index (χ1v) is 8.49. The lowest BCUT2D eigenvalue weighted by molar-refractivity contribution is -0.131. The molecule has 1 amide bonds. The van der Waals surface area contributed by atoms with Crippen molar-refractivity contribution in [1.82, 2.24) is 15.1 Å². The van der Waals surface area contributed by atoms with Crippen molar-refractivity contribution < 1.29 is 9.53 Å². The van der Waals surface area contributed by atoms with Crippen molar-refractivity contribution in [2.45, 2.75) is 39.0 Å². The topological polar surface area (TPSA) is 58.2 Å². The van der Waals surface area contributed by atoms with E-state index in [-0.39, 0.29) is 5.91 Å². The Bertz CT molecular complexity index is 723. The molecule has 1 N–H and O–H groups in total. The van der Waals surface area contributed by atoms with Gasteiger partial charge in [-0.05, 0) is 38.3 Å². The molecule has 1 aliphatic heterocycles. The first-order chi connectivity index (χ1) is 11.6. The molecular formula is C19H25N3O2. The van der Waals surface area contributed by atoms with Crippen molar-refractivity contribution in [1.29, 1.82) is 0 Å². The van der Waals surface area contributed by atoms with Gasteiger partial charge in [0.2, 0.25) is 5.91 Å². The highest BCUT2D eigenvalue weighted by molar-refractivity contribution is 5.79. The number of likely N-dealkylation sites (tertiary alicyclic amines) is 1. The van der Waals surface area contributed by atoms with Gasteiger partial charge in [-0.3, -0.25) is 9.89 Å². The molecular weight excluding hydrogens is 302 g/mol. The van der Waals surface area contributed by atoms with Gasteiger partial charge in [-0.25, -0.2) is 0 Å². The average Bonchev–Trinajstić information content (AvgIpc) is 3.01. The standard InChI is InChI=1S/C19H25N3O2/c1-13-6-7-17(24-3)16(9-13)10-18(23)22-8-4-5-15(12-22)19-14(2)11-20-21-19/h6-7,9,11,15H,4-5,8,10,12H2,1-3H3,(H,20,21)/t15-/m1/s1. The van der Waals surface area contributed by atoms with Gasteiger partial charge in [-0.15, -0.1) is 0 Å². The first-order valence-electron chi connectivity index (χ1n) is 8.49. The highest BCUT2D eigenvalue weighted by atomic mass is 16.5. The monoisotopic (exact) mass is 327 g/mol. The van der Waals surface area contributed by atoms with Crippen LogP contribution in [0.5, 0.6) is 5.75 Å². The predicted octanol–water partition coefficient (Wildman–Crippen LogP) is 2.98. The number of aryl methyl sites for hydroxylation is 2. The Morgan fingerprint density at radius 3 is 2.96 bits per heavy atom. The molecule has 0 spiro atoms. The maximum absolute atomic E-state index is 12.8. The summed E-state index contributed by atoms with van der Waals surface area (Å²) in [6.45, 7) is 5.69. The minimum absolute atomic E-state index is 0.167. The summed E-state index contributed by atoms with van der Waals surface area (Å²) in [5.41, 5.74) is 4.45. The molecule has 1 aromatic carbocycles. The van der Waals surface area contributed by atoms with Crippen LogP contribution in [0.15, 0.2) is 24.4 Å². The quantitative estimate of drug-likeness (QED) is 0.939. The van der Waals surface area contributed by atoms with E-state index in [1.54, 1.807) is 7.11 Å². The molecule has 1 fully saturated rings. The third-order valence-corrected chi connectivity index (χ3v) is 4.83. The molecule has 128 valence electrons. The Kier molecular flexibility index (Phi) is 4.88. The molecule has 1 aromatic heterocycles. The smallest absolute Gasteiger partial charge is 0.227 e. The van der Waals surface area contributed by atoms with Crippen LogP contribution in [-0.2, 0) is 11.2 Å². The molecule has 1 saturated heterocycles. The van der Waals surface area contributed by atoms with Crippen LogP contribution in [0, 0.1) is 13.8 Å². The van der Waals surface area contributed by atoms with Gasteiger partial charge in [-0.2, -0.15) is 5.10 Å². The average molecular weight is 327 g/mol. The van der Waals surface area contributed by atoms with Crippen molar-refractivity contribution >= 4 is 5.91 Å². The molecule has 5 heteroatoms. The number of aromatic nitrogens is 2. The van der Waals surface area contributed by atoms with Crippen LogP contribution in [0.25, 0.3) is 0 Å². The van der Waals surface area contributed by atoms with Gasteiger partial charge < -0.3 is 9.64 Å². The number of rotatable bonds is 4. The number of carbonyl (C=O) groups is 1. The number of amides is 1. The summed E-state index contributed by atoms with van der Waals surface area (Å²) in [6.07, 6.45) is 4.37. The maximum atomic E-state index is 12.8. The number of ether oxygens (including phenoxy) is 1. The summed E-state index contributed by atoms with van der Waals surface area (Å²) < 4.78 is 5.40. The fourth-order valence-corrected chi connectivity index (χ4v) is 3.53. The molecule has 0 unspecified atom stereocenters. The molecule has 5 nitrogen and oxygen atoms in total. The number of nitrogens with zero attached hydrogens (tertiary/aromatic N) is 2. The second-order valence-corrected chi connectivity index (χ2v) is 6.64. The van der Waals surface area contributed by atoms with Crippen LogP contribution in [0.2, 0.25) is 0 Å². The van der Waals surface area contributed by atoms with Gasteiger partial charge in [-0.1, -0.05) is 17.7 Å². The van der Waals surface area contributed by atoms with Crippen LogP contribution in [0.1, 0.15) is 41.1 Å². The SMILES string of the molecule is COc1ccc(C)cc1CC(=O)N1CCC[C@@H](c2[nH]ncc2C)C1. The van der Waals surface area contributed by atoms with Crippen molar-refractivity contribution in [3.63, 3.8) is 0 Å². The Labute approximate surface area is 143 Å². The zero-order valence-electron chi connectivity index (χ0n) is 14.6. The van der Waals surface area contributed by atoms with Crippen LogP contribution >= 0.6 is 0 Å². The number of H-pyrrole nitrogens is 1. The van der Waals surface area contributed by atoms with E-state index in [4.69, 9.17) is 4.74 Å². The van der Waals surface area contributed by atoms with Crippen LogP contribution in [0.4, 0.5) is 0 Å². The Morgan fingerprint density at radius 1 is 1.42 bits per heavy atom. The third-order valence-electron chi connectivity index (χ3n) is 4.83. The third kappa shape index (κ3) is 3.45. The maximum Gasteiger partial charge on any atom is 0.227 e. The Balaban J connectivity index is 1.71. The van der Waals surface area contributed by atoms with E-state index >= 15 is 0 Å². The van der Waals surface area contributed by atoms with Gasteiger partial charge in [0.25, 0.3) is 0 Å². The largest absolute Gasteiger partial charge is 0.496 e. The number of methoxy groups -OCH3 is 1. The van der Waals surface area contributed by atoms with Crippen molar-refractivity contribution in [3.05, 3.63) is 46.8 Å². The Hall–Kier alpha value is -2.30. The van der Waals surface area contributed by atoms with E-state index in [1.807, 2.05) is 36.2 Å². The summed E-state index contributed by atoms with van der Waals surface area (Å²) >= 11 is 0. The molecule has 2 aromatic rings. The van der Waals surface area contributed by atoms with E-state index in [0.29, 0.717) is 12.3 Å². The lowest BCUT2D eigenvalue weighted by Crippen LogP contribution is -2.40. The predicted molar refractivity (Wildman–Crippen MR) is 93.3 cm³/mol. The van der Waals surface area contributed by atoms with Crippen molar-refractivity contribution in [2.75, 3.05) is 20.2 Å². The summed E-state index contributed by atoms with van der Waals surface area (Å²) in [6, 6.07) is 5.98. The van der Waals surface area contributed by atoms with Crippen LogP contribution in [-0.4, -0.2) is 41.2 Å². The number of aromatic amines is 1. The fraction of sp³-hybridized carbons (Fsp3) is 0.474. The number of carbonyl (C=O) groups excluding carboxylic acids is 1. The number of piperidine rings is 1. The van der Waals surface area contributed by atoms with Crippen LogP contribution in [0.3, 0.4) is 0 Å². The second kappa shape index (κ2) is 7.07. The number of hydrogen-bond donors (Lipinski definition) is 1. The number of hydrogen-bond acceptors (Lipinski definition) is 3. The molecule has 24 heavy (non-hydrogen) atoms. The lowest BCUT2D eigenvalue weighted by atomic mass is 9.92. The normalized spacial score (nSPS) is 17.8. The summed E-state index contributed by atoms with van der Waals surface area (Å²) in [7, 11) is 1.65. The summed E-state index contributed by atoms with van der Waals surface area (Å²) in [4.78, 5) is 14.8. The number of nitrogens with one attached hydrogen (secondary N) is 1. The fourth-order valence-electron chi connectivity index (χ4n) is 3.53. The van der Waals surface area contributed by atoms with Gasteiger partial charge in [0, 0.05) is 30.3 Å². The Morgan fingerprint density at radius 2 is 2.25 bits per heavy atom. The van der Waals surface area contributed by atoms with E-state index < -0.39 is 0 Å². The second-order valence-electron chi connectivity index (χ2n) is 6.64. The number of benzene rings is 1. The van der Waals surface area contributed by atoms with E-state index in [1.165, 1.54) is 11.3 Å². The molecule has 0 bridgehead atoms. The van der Waals surface area contributed by atoms with E-state index in [0.717, 1.165) is 42.8 Å². The highest BCUT2D eigenvalue weighted by Crippen LogP contribution is 2.28. The minimum atomic E-state index is 0.167. The van der Waals surface area contributed by atoms with Crippen LogP contribution < -0.4 is 4.74 Å². The van der Waals surface area contributed by atoms with E-state index in [9.17, 15) is 4.79 Å². The molecule has 0 saturated carbocycles. The van der Waals surface area contributed by atoms with Gasteiger partial charge >= 0.3 is 0 Å². The zero-order chi connectivity index (χ0) is 17.1. The zero-order valence-corrected chi connectivity index (χ0v) is 14.6. The first kappa shape index (κ1) is 16.6. The van der Waals surface area contributed by atoms with Crippen molar-refractivity contribution in [2.24, 2.45) is 0 Å². The lowest BCUT2D eigenvalue weighted by Gasteiger charge is -2.33. The molecule has 2 heterocycles. The van der Waals surface area contributed by atoms with Gasteiger partial charge in [0.05, 0.1) is 19.7 Å².